The fraction of sp³-hybridized carbons (Fsp3) is 0.417. The molecule has 1 aromatic rings. The smallest absolute Gasteiger partial charge is 0.252 e. The van der Waals surface area contributed by atoms with Gasteiger partial charge in [-0.2, -0.15) is 0 Å². The largest absolute Gasteiger partial charge is 0.377 e. The molecule has 0 aliphatic carbocycles. The Balaban J connectivity index is 2.90. The molecule has 0 saturated carbocycles. The molecule has 1 rings (SSSR count). The summed E-state index contributed by atoms with van der Waals surface area (Å²) in [6, 6.07) is 2.22. The number of sulfonamides is 1. The number of rotatable bonds is 6. The molecule has 118 valence electrons. The third-order valence-electron chi connectivity index (χ3n) is 2.41. The Bertz CT molecular complexity index is 632. The summed E-state index contributed by atoms with van der Waals surface area (Å²) < 4.78 is 28.0. The number of hydrogen-bond acceptors (Lipinski definition) is 4. The summed E-state index contributed by atoms with van der Waals surface area (Å²) >= 11 is 11.7. The van der Waals surface area contributed by atoms with Gasteiger partial charge in [0.05, 0.1) is 28.3 Å². The minimum absolute atomic E-state index is 0.0189. The molecule has 0 unspecified atom stereocenters. The van der Waals surface area contributed by atoms with Crippen LogP contribution in [0.4, 0.5) is 0 Å². The molecular formula is C12H16Cl2N2O4S. The summed E-state index contributed by atoms with van der Waals surface area (Å²) in [7, 11) is -4.04. The van der Waals surface area contributed by atoms with Gasteiger partial charge in [0.1, 0.15) is 4.90 Å². The standard InChI is InChI=1S/C12H16Cl2N2O4S/c1-7(2)20-4-3-16-12(17)8-5-11(21(15,18)19)10(14)6-9(8)13/h5-7H,3-4H2,1-2H3,(H,16,17)(H2,15,18,19). The van der Waals surface area contributed by atoms with Crippen LogP contribution >= 0.6 is 23.2 Å². The van der Waals surface area contributed by atoms with E-state index in [0.29, 0.717) is 6.61 Å². The lowest BCUT2D eigenvalue weighted by Crippen LogP contribution is -2.28. The van der Waals surface area contributed by atoms with Crippen LogP contribution < -0.4 is 10.5 Å². The molecule has 0 aromatic heterocycles. The van der Waals surface area contributed by atoms with Gasteiger partial charge >= 0.3 is 0 Å². The molecule has 0 saturated heterocycles. The molecular weight excluding hydrogens is 339 g/mol. The molecule has 0 aliphatic rings. The van der Waals surface area contributed by atoms with Crippen molar-refractivity contribution in [2.75, 3.05) is 13.2 Å². The fourth-order valence-electron chi connectivity index (χ4n) is 1.48. The third-order valence-corrected chi connectivity index (χ3v) is 4.10. The van der Waals surface area contributed by atoms with Crippen LogP contribution in [0.3, 0.4) is 0 Å². The van der Waals surface area contributed by atoms with Crippen molar-refractivity contribution < 1.29 is 17.9 Å². The number of nitrogens with one attached hydrogen (secondary N) is 1. The molecule has 21 heavy (non-hydrogen) atoms. The second kappa shape index (κ2) is 7.42. The quantitative estimate of drug-likeness (QED) is 0.760. The van der Waals surface area contributed by atoms with Gasteiger partial charge in [-0.05, 0) is 26.0 Å². The van der Waals surface area contributed by atoms with Crippen molar-refractivity contribution in [2.24, 2.45) is 5.14 Å². The average Bonchev–Trinajstić information content (AvgIpc) is 2.32. The Kier molecular flexibility index (Phi) is 6.42. The molecule has 0 aliphatic heterocycles. The summed E-state index contributed by atoms with van der Waals surface area (Å²) in [5.74, 6) is -0.533. The van der Waals surface area contributed by atoms with Crippen LogP contribution in [0.2, 0.25) is 10.0 Å². The first-order chi connectivity index (χ1) is 9.62. The second-order valence-corrected chi connectivity index (χ2v) is 6.83. The first-order valence-electron chi connectivity index (χ1n) is 6.04. The number of amides is 1. The van der Waals surface area contributed by atoms with Crippen LogP contribution in [0, 0.1) is 0 Å². The van der Waals surface area contributed by atoms with Crippen molar-refractivity contribution in [1.29, 1.82) is 0 Å². The van der Waals surface area contributed by atoms with E-state index in [1.54, 1.807) is 0 Å². The van der Waals surface area contributed by atoms with E-state index in [-0.39, 0.29) is 33.2 Å². The summed E-state index contributed by atoms with van der Waals surface area (Å²) in [5, 5.41) is 7.49. The number of carbonyl (C=O) groups is 1. The van der Waals surface area contributed by atoms with Gasteiger partial charge in [-0.3, -0.25) is 4.79 Å². The maximum Gasteiger partial charge on any atom is 0.252 e. The number of ether oxygens (including phenoxy) is 1. The molecule has 0 atom stereocenters. The topological polar surface area (TPSA) is 98.5 Å². The average molecular weight is 355 g/mol. The van der Waals surface area contributed by atoms with Gasteiger partial charge in [0.2, 0.25) is 10.0 Å². The number of carbonyl (C=O) groups excluding carboxylic acids is 1. The Labute approximate surface area is 133 Å². The zero-order chi connectivity index (χ0) is 16.2. The Morgan fingerprint density at radius 3 is 2.48 bits per heavy atom. The highest BCUT2D eigenvalue weighted by molar-refractivity contribution is 7.89. The molecule has 0 bridgehead atoms. The van der Waals surface area contributed by atoms with E-state index in [4.69, 9.17) is 33.1 Å². The lowest BCUT2D eigenvalue weighted by molar-refractivity contribution is 0.0746. The predicted octanol–water partition coefficient (Wildman–Crippen LogP) is 1.80. The van der Waals surface area contributed by atoms with Crippen molar-refractivity contribution >= 4 is 39.1 Å². The van der Waals surface area contributed by atoms with E-state index in [1.807, 2.05) is 13.8 Å². The van der Waals surface area contributed by atoms with E-state index in [2.05, 4.69) is 5.32 Å². The molecule has 3 N–H and O–H groups in total. The first-order valence-corrected chi connectivity index (χ1v) is 8.34. The van der Waals surface area contributed by atoms with E-state index >= 15 is 0 Å². The van der Waals surface area contributed by atoms with Crippen molar-refractivity contribution in [1.82, 2.24) is 5.32 Å². The third kappa shape index (κ3) is 5.44. The molecule has 0 spiro atoms. The van der Waals surface area contributed by atoms with Crippen LogP contribution in [0.1, 0.15) is 24.2 Å². The van der Waals surface area contributed by atoms with E-state index in [1.165, 1.54) is 6.07 Å². The van der Waals surface area contributed by atoms with Crippen molar-refractivity contribution in [2.45, 2.75) is 24.8 Å². The van der Waals surface area contributed by atoms with Crippen molar-refractivity contribution in [3.63, 3.8) is 0 Å². The van der Waals surface area contributed by atoms with Gasteiger partial charge in [0.25, 0.3) is 5.91 Å². The highest BCUT2D eigenvalue weighted by atomic mass is 35.5. The second-order valence-electron chi connectivity index (χ2n) is 4.48. The van der Waals surface area contributed by atoms with Gasteiger partial charge in [-0.15, -0.1) is 0 Å². The minimum atomic E-state index is -4.04. The SMILES string of the molecule is CC(C)OCCNC(=O)c1cc(S(N)(=O)=O)c(Cl)cc1Cl. The molecule has 1 amide bonds. The molecule has 0 radical (unpaired) electrons. The molecule has 1 aromatic carbocycles. The van der Waals surface area contributed by atoms with Crippen molar-refractivity contribution in [3.05, 3.63) is 27.7 Å². The van der Waals surface area contributed by atoms with Gasteiger partial charge < -0.3 is 10.1 Å². The van der Waals surface area contributed by atoms with Gasteiger partial charge in [-0.1, -0.05) is 23.2 Å². The summed E-state index contributed by atoms with van der Waals surface area (Å²) in [6.07, 6.45) is 0.0509. The van der Waals surface area contributed by atoms with E-state index in [9.17, 15) is 13.2 Å². The van der Waals surface area contributed by atoms with E-state index < -0.39 is 15.9 Å². The van der Waals surface area contributed by atoms with Crippen LogP contribution in [0.5, 0.6) is 0 Å². The maximum absolute atomic E-state index is 12.0. The zero-order valence-corrected chi connectivity index (χ0v) is 13.8. The Hall–Kier alpha value is -0.860. The van der Waals surface area contributed by atoms with E-state index in [0.717, 1.165) is 6.07 Å². The summed E-state index contributed by atoms with van der Waals surface area (Å²) in [5.41, 5.74) is -0.0189. The predicted molar refractivity (Wildman–Crippen MR) is 81.3 cm³/mol. The fourth-order valence-corrected chi connectivity index (χ4v) is 2.88. The first kappa shape index (κ1) is 18.2. The number of nitrogens with two attached hydrogens (primary N) is 1. The lowest BCUT2D eigenvalue weighted by Gasteiger charge is -2.11. The van der Waals surface area contributed by atoms with Crippen LogP contribution in [0.15, 0.2) is 17.0 Å². The van der Waals surface area contributed by atoms with Gasteiger partial charge in [0.15, 0.2) is 0 Å². The van der Waals surface area contributed by atoms with Crippen LogP contribution in [-0.4, -0.2) is 33.6 Å². The van der Waals surface area contributed by atoms with Gasteiger partial charge in [-0.25, -0.2) is 13.6 Å². The molecule has 9 heteroatoms. The normalized spacial score (nSPS) is 11.7. The van der Waals surface area contributed by atoms with Crippen LogP contribution in [0.25, 0.3) is 0 Å². The summed E-state index contributed by atoms with van der Waals surface area (Å²) in [6.45, 7) is 4.34. The number of benzene rings is 1. The molecule has 0 fully saturated rings. The number of halogens is 2. The lowest BCUT2D eigenvalue weighted by atomic mass is 10.2. The Morgan fingerprint density at radius 2 is 1.95 bits per heavy atom. The molecule has 6 nitrogen and oxygen atoms in total. The van der Waals surface area contributed by atoms with Crippen LogP contribution in [-0.2, 0) is 14.8 Å². The van der Waals surface area contributed by atoms with Gasteiger partial charge in [0, 0.05) is 6.54 Å². The number of hydrogen-bond donors (Lipinski definition) is 2. The summed E-state index contributed by atoms with van der Waals surface area (Å²) in [4.78, 5) is 11.6. The molecule has 0 heterocycles. The zero-order valence-electron chi connectivity index (χ0n) is 11.5. The highest BCUT2D eigenvalue weighted by Crippen LogP contribution is 2.27. The monoisotopic (exact) mass is 354 g/mol. The minimum Gasteiger partial charge on any atom is -0.377 e. The highest BCUT2D eigenvalue weighted by Gasteiger charge is 2.19. The Morgan fingerprint density at radius 1 is 1.33 bits per heavy atom. The maximum atomic E-state index is 12.0. The van der Waals surface area contributed by atoms with Crippen molar-refractivity contribution in [3.8, 4) is 0 Å². The number of primary sulfonamides is 1.